The van der Waals surface area contributed by atoms with Crippen molar-refractivity contribution in [1.82, 2.24) is 4.31 Å². The van der Waals surface area contributed by atoms with Crippen LogP contribution in [0.15, 0.2) is 58.3 Å². The molecular weight excluding hydrogens is 354 g/mol. The number of rotatable bonds is 4. The summed E-state index contributed by atoms with van der Waals surface area (Å²) in [5.41, 5.74) is 1.62. The predicted octanol–water partition coefficient (Wildman–Crippen LogP) is 3.92. The van der Waals surface area contributed by atoms with Crippen LogP contribution in [0.3, 0.4) is 0 Å². The molecular formula is C19H21NO3S2. The Morgan fingerprint density at radius 3 is 2.24 bits per heavy atom. The normalized spacial score (nSPS) is 16.1. The Morgan fingerprint density at radius 2 is 1.64 bits per heavy atom. The van der Waals surface area contributed by atoms with E-state index < -0.39 is 15.9 Å². The topological polar surface area (TPSA) is 54.5 Å². The van der Waals surface area contributed by atoms with Crippen molar-refractivity contribution >= 4 is 27.7 Å². The first kappa shape index (κ1) is 18.0. The van der Waals surface area contributed by atoms with Crippen LogP contribution in [0.25, 0.3) is 0 Å². The molecule has 4 nitrogen and oxygen atoms in total. The third-order valence-corrected chi connectivity index (χ3v) is 7.03. The summed E-state index contributed by atoms with van der Waals surface area (Å²) < 4.78 is 26.0. The third kappa shape index (κ3) is 3.46. The summed E-state index contributed by atoms with van der Waals surface area (Å²) in [7, 11) is -3.71. The van der Waals surface area contributed by atoms with E-state index in [0.717, 1.165) is 9.20 Å². The number of benzene rings is 2. The van der Waals surface area contributed by atoms with Crippen LogP contribution in [0.5, 0.6) is 0 Å². The molecule has 2 aromatic carbocycles. The van der Waals surface area contributed by atoms with Crippen LogP contribution in [0.1, 0.15) is 36.7 Å². The van der Waals surface area contributed by atoms with E-state index in [1.54, 1.807) is 30.0 Å². The zero-order valence-corrected chi connectivity index (χ0v) is 16.2. The molecule has 25 heavy (non-hydrogen) atoms. The van der Waals surface area contributed by atoms with Crippen molar-refractivity contribution in [3.63, 3.8) is 0 Å². The SMILES string of the molecule is CC(C)(C)c1ccc(SCCN2C(=O)c3ccccc3S2(=O)=O)cc1. The number of carbonyl (C=O) groups excluding carboxylic acids is 1. The molecule has 1 amide bonds. The van der Waals surface area contributed by atoms with Gasteiger partial charge in [-0.1, -0.05) is 45.0 Å². The molecule has 0 aromatic heterocycles. The zero-order chi connectivity index (χ0) is 18.2. The second-order valence-electron chi connectivity index (χ2n) is 7.00. The van der Waals surface area contributed by atoms with Crippen molar-refractivity contribution in [2.75, 3.05) is 12.3 Å². The molecule has 3 rings (SSSR count). The molecule has 0 atom stereocenters. The first-order valence-electron chi connectivity index (χ1n) is 8.11. The van der Waals surface area contributed by atoms with E-state index in [-0.39, 0.29) is 22.4 Å². The second kappa shape index (κ2) is 6.50. The van der Waals surface area contributed by atoms with Gasteiger partial charge in [-0.15, -0.1) is 11.8 Å². The van der Waals surface area contributed by atoms with Gasteiger partial charge < -0.3 is 0 Å². The van der Waals surface area contributed by atoms with E-state index in [1.165, 1.54) is 11.6 Å². The lowest BCUT2D eigenvalue weighted by atomic mass is 9.87. The van der Waals surface area contributed by atoms with E-state index in [9.17, 15) is 13.2 Å². The summed E-state index contributed by atoms with van der Waals surface area (Å²) in [5.74, 6) is 0.0904. The summed E-state index contributed by atoms with van der Waals surface area (Å²) >= 11 is 1.55. The van der Waals surface area contributed by atoms with Crippen LogP contribution in [0.4, 0.5) is 0 Å². The Kier molecular flexibility index (Phi) is 4.68. The van der Waals surface area contributed by atoms with Crippen LogP contribution >= 0.6 is 11.8 Å². The van der Waals surface area contributed by atoms with Crippen LogP contribution in [0, 0.1) is 0 Å². The molecule has 0 N–H and O–H groups in total. The maximum atomic E-state index is 12.5. The molecule has 1 aliphatic heterocycles. The highest BCUT2D eigenvalue weighted by molar-refractivity contribution is 7.99. The van der Waals surface area contributed by atoms with Crippen LogP contribution < -0.4 is 0 Å². The molecule has 1 aliphatic rings. The Hall–Kier alpha value is -1.79. The van der Waals surface area contributed by atoms with Crippen molar-refractivity contribution in [2.24, 2.45) is 0 Å². The summed E-state index contributed by atoms with van der Waals surface area (Å²) in [4.78, 5) is 13.5. The maximum absolute atomic E-state index is 12.5. The predicted molar refractivity (Wildman–Crippen MR) is 101 cm³/mol. The lowest BCUT2D eigenvalue weighted by Crippen LogP contribution is -2.32. The molecule has 2 aromatic rings. The molecule has 0 fully saturated rings. The Morgan fingerprint density at radius 1 is 1.00 bits per heavy atom. The van der Waals surface area contributed by atoms with E-state index in [2.05, 4.69) is 32.9 Å². The van der Waals surface area contributed by atoms with E-state index in [0.29, 0.717) is 5.75 Å². The highest BCUT2D eigenvalue weighted by Crippen LogP contribution is 2.31. The Balaban J connectivity index is 1.66. The molecule has 0 bridgehead atoms. The molecule has 0 aliphatic carbocycles. The number of nitrogens with zero attached hydrogens (tertiary/aromatic N) is 1. The average Bonchev–Trinajstić information content (AvgIpc) is 2.76. The van der Waals surface area contributed by atoms with Gasteiger partial charge in [0.05, 0.1) is 5.56 Å². The number of carbonyl (C=O) groups is 1. The molecule has 0 saturated heterocycles. The van der Waals surface area contributed by atoms with Crippen molar-refractivity contribution in [1.29, 1.82) is 0 Å². The maximum Gasteiger partial charge on any atom is 0.269 e. The first-order chi connectivity index (χ1) is 11.7. The lowest BCUT2D eigenvalue weighted by Gasteiger charge is -2.19. The largest absolute Gasteiger partial charge is 0.269 e. The van der Waals surface area contributed by atoms with Gasteiger partial charge in [-0.25, -0.2) is 12.7 Å². The Labute approximate surface area is 153 Å². The minimum absolute atomic E-state index is 0.102. The number of sulfonamides is 1. The van der Waals surface area contributed by atoms with Gasteiger partial charge in [0.1, 0.15) is 4.90 Å². The Bertz CT molecular complexity index is 897. The van der Waals surface area contributed by atoms with Crippen molar-refractivity contribution in [3.05, 3.63) is 59.7 Å². The molecule has 6 heteroatoms. The molecule has 0 unspecified atom stereocenters. The minimum Gasteiger partial charge on any atom is -0.268 e. The summed E-state index contributed by atoms with van der Waals surface area (Å²) in [5, 5.41) is 0. The monoisotopic (exact) mass is 375 g/mol. The van der Waals surface area contributed by atoms with Gasteiger partial charge in [0.15, 0.2) is 0 Å². The molecule has 0 saturated carbocycles. The quantitative estimate of drug-likeness (QED) is 0.760. The van der Waals surface area contributed by atoms with Crippen molar-refractivity contribution in [3.8, 4) is 0 Å². The molecule has 1 heterocycles. The van der Waals surface area contributed by atoms with E-state index >= 15 is 0 Å². The van der Waals surface area contributed by atoms with E-state index in [4.69, 9.17) is 0 Å². The standard InChI is InChI=1S/C19H21NO3S2/c1-19(2,3)14-8-10-15(11-9-14)24-13-12-20-18(21)16-6-4-5-7-17(16)25(20,22)23/h4-11H,12-13H2,1-3H3. The number of amides is 1. The van der Waals surface area contributed by atoms with Gasteiger partial charge in [0.25, 0.3) is 15.9 Å². The second-order valence-corrected chi connectivity index (χ2v) is 10.0. The minimum atomic E-state index is -3.71. The van der Waals surface area contributed by atoms with Gasteiger partial charge in [-0.2, -0.15) is 0 Å². The molecule has 0 radical (unpaired) electrons. The molecule has 132 valence electrons. The van der Waals surface area contributed by atoms with Gasteiger partial charge in [0.2, 0.25) is 0 Å². The van der Waals surface area contributed by atoms with Gasteiger partial charge in [-0.05, 0) is 35.2 Å². The van der Waals surface area contributed by atoms with Gasteiger partial charge in [-0.3, -0.25) is 4.79 Å². The lowest BCUT2D eigenvalue weighted by molar-refractivity contribution is 0.0876. The summed E-state index contributed by atoms with van der Waals surface area (Å²) in [6, 6.07) is 14.6. The molecule has 0 spiro atoms. The fourth-order valence-corrected chi connectivity index (χ4v) is 5.27. The fourth-order valence-electron chi connectivity index (χ4n) is 2.75. The van der Waals surface area contributed by atoms with Gasteiger partial charge in [0, 0.05) is 17.2 Å². The van der Waals surface area contributed by atoms with Crippen LogP contribution in [-0.4, -0.2) is 30.9 Å². The highest BCUT2D eigenvalue weighted by atomic mass is 32.2. The average molecular weight is 376 g/mol. The summed E-state index contributed by atoms with van der Waals surface area (Å²) in [6.45, 7) is 6.66. The number of fused-ring (bicyclic) bond motifs is 1. The van der Waals surface area contributed by atoms with E-state index in [1.807, 2.05) is 12.1 Å². The van der Waals surface area contributed by atoms with Crippen LogP contribution in [0.2, 0.25) is 0 Å². The highest BCUT2D eigenvalue weighted by Gasteiger charge is 2.40. The van der Waals surface area contributed by atoms with Gasteiger partial charge >= 0.3 is 0 Å². The summed E-state index contributed by atoms with van der Waals surface area (Å²) in [6.07, 6.45) is 0. The smallest absolute Gasteiger partial charge is 0.268 e. The van der Waals surface area contributed by atoms with Crippen LogP contribution in [-0.2, 0) is 15.4 Å². The first-order valence-corrected chi connectivity index (χ1v) is 10.5. The van der Waals surface area contributed by atoms with Crippen molar-refractivity contribution < 1.29 is 13.2 Å². The third-order valence-electron chi connectivity index (χ3n) is 4.20. The number of hydrogen-bond acceptors (Lipinski definition) is 4. The van der Waals surface area contributed by atoms with Crippen molar-refractivity contribution in [2.45, 2.75) is 36.0 Å². The zero-order valence-electron chi connectivity index (χ0n) is 14.5. The number of hydrogen-bond donors (Lipinski definition) is 0. The fraction of sp³-hybridized carbons (Fsp3) is 0.316. The number of thioether (sulfide) groups is 1.